The molecule has 1 saturated carbocycles. The van der Waals surface area contributed by atoms with E-state index in [9.17, 15) is 4.79 Å². The minimum Gasteiger partial charge on any atom is -0.459 e. The summed E-state index contributed by atoms with van der Waals surface area (Å²) in [6, 6.07) is 3.74. The lowest BCUT2D eigenvalue weighted by Gasteiger charge is -2.19. The Kier molecular flexibility index (Phi) is 7.79. The maximum Gasteiger partial charge on any atom is 0.263 e. The highest BCUT2D eigenvalue weighted by atomic mass is 35.5. The first kappa shape index (κ1) is 20.5. The van der Waals surface area contributed by atoms with E-state index in [1.54, 1.807) is 25.3 Å². The second-order valence-electron chi connectivity index (χ2n) is 5.78. The Labute approximate surface area is 153 Å². The molecule has 3 N–H and O–H groups in total. The first-order valence-corrected chi connectivity index (χ1v) is 7.67. The zero-order valence-corrected chi connectivity index (χ0v) is 15.1. The summed E-state index contributed by atoms with van der Waals surface area (Å²) in [7, 11) is 0. The molecule has 1 fully saturated rings. The minimum absolute atomic E-state index is 0. The predicted octanol–water partition coefficient (Wildman–Crippen LogP) is 2.87. The molecule has 2 aromatic heterocycles. The second kappa shape index (κ2) is 9.11. The topological polar surface area (TPSA) is 94.3 Å². The number of aryl methyl sites for hydroxylation is 1. The van der Waals surface area contributed by atoms with Crippen LogP contribution in [0, 0.1) is 12.8 Å². The van der Waals surface area contributed by atoms with E-state index in [0.29, 0.717) is 35.6 Å². The maximum atomic E-state index is 12.2. The van der Waals surface area contributed by atoms with Crippen LogP contribution >= 0.6 is 24.8 Å². The van der Waals surface area contributed by atoms with Gasteiger partial charge in [0.15, 0.2) is 5.76 Å². The van der Waals surface area contributed by atoms with Gasteiger partial charge in [0.1, 0.15) is 5.76 Å². The van der Waals surface area contributed by atoms with Gasteiger partial charge < -0.3 is 19.9 Å². The van der Waals surface area contributed by atoms with E-state index in [-0.39, 0.29) is 43.2 Å². The van der Waals surface area contributed by atoms with Crippen molar-refractivity contribution in [2.75, 3.05) is 6.54 Å². The number of carbonyl (C=O) groups is 1. The highest BCUT2D eigenvalue weighted by molar-refractivity contribution is 5.85. The third-order valence-corrected chi connectivity index (χ3v) is 4.26. The number of nitrogens with two attached hydrogens (primary N) is 1. The molecule has 6 nitrogen and oxygen atoms in total. The van der Waals surface area contributed by atoms with Gasteiger partial charge >= 0.3 is 0 Å². The SMILES string of the molecule is Cc1oc(-c2ccco2)nc1CC(=O)NC1CCCC1CN.Cl.Cl. The molecular weight excluding hydrogens is 353 g/mol. The Bertz CT molecular complexity index is 643. The van der Waals surface area contributed by atoms with Crippen LogP contribution in [0.1, 0.15) is 30.7 Å². The fourth-order valence-corrected chi connectivity index (χ4v) is 3.02. The molecule has 2 aromatic rings. The van der Waals surface area contributed by atoms with E-state index in [1.807, 2.05) is 0 Å². The second-order valence-corrected chi connectivity index (χ2v) is 5.78. The van der Waals surface area contributed by atoms with Crippen molar-refractivity contribution in [1.29, 1.82) is 0 Å². The Morgan fingerprint density at radius 2 is 2.21 bits per heavy atom. The summed E-state index contributed by atoms with van der Waals surface area (Å²) in [5.74, 6) is 1.97. The van der Waals surface area contributed by atoms with Crippen molar-refractivity contribution < 1.29 is 13.6 Å². The normalized spacial score (nSPS) is 19.4. The number of nitrogens with one attached hydrogen (secondary N) is 1. The molecule has 2 atom stereocenters. The van der Waals surface area contributed by atoms with Gasteiger partial charge in [-0.15, -0.1) is 24.8 Å². The lowest BCUT2D eigenvalue weighted by molar-refractivity contribution is -0.121. The molecule has 0 aliphatic heterocycles. The number of oxazole rings is 1. The van der Waals surface area contributed by atoms with E-state index in [1.165, 1.54) is 0 Å². The van der Waals surface area contributed by atoms with Crippen LogP contribution in [0.2, 0.25) is 0 Å². The van der Waals surface area contributed by atoms with Crippen molar-refractivity contribution in [1.82, 2.24) is 10.3 Å². The van der Waals surface area contributed by atoms with Gasteiger partial charge in [-0.3, -0.25) is 4.79 Å². The van der Waals surface area contributed by atoms with E-state index < -0.39 is 0 Å². The van der Waals surface area contributed by atoms with Crippen LogP contribution in [0.25, 0.3) is 11.7 Å². The largest absolute Gasteiger partial charge is 0.459 e. The molecule has 8 heteroatoms. The Hall–Kier alpha value is -1.50. The summed E-state index contributed by atoms with van der Waals surface area (Å²) in [6.45, 7) is 2.43. The molecule has 0 spiro atoms. The number of aromatic nitrogens is 1. The lowest BCUT2D eigenvalue weighted by Crippen LogP contribution is -2.40. The number of carbonyl (C=O) groups excluding carboxylic acids is 1. The number of hydrogen-bond acceptors (Lipinski definition) is 5. The smallest absolute Gasteiger partial charge is 0.263 e. The third kappa shape index (κ3) is 4.53. The van der Waals surface area contributed by atoms with Crippen molar-refractivity contribution in [3.8, 4) is 11.7 Å². The van der Waals surface area contributed by atoms with E-state index >= 15 is 0 Å². The van der Waals surface area contributed by atoms with Crippen molar-refractivity contribution >= 4 is 30.7 Å². The van der Waals surface area contributed by atoms with Crippen LogP contribution in [0.15, 0.2) is 27.2 Å². The van der Waals surface area contributed by atoms with Gasteiger partial charge in [0.25, 0.3) is 5.89 Å². The van der Waals surface area contributed by atoms with Crippen molar-refractivity contribution in [2.24, 2.45) is 11.7 Å². The van der Waals surface area contributed by atoms with E-state index in [0.717, 1.165) is 19.3 Å². The Morgan fingerprint density at radius 3 is 2.88 bits per heavy atom. The molecule has 0 aromatic carbocycles. The molecule has 134 valence electrons. The molecule has 3 rings (SSSR count). The van der Waals surface area contributed by atoms with E-state index in [2.05, 4.69) is 10.3 Å². The van der Waals surface area contributed by atoms with Crippen LogP contribution in [-0.2, 0) is 11.2 Å². The average Bonchev–Trinajstić information content (AvgIpc) is 3.21. The molecule has 2 heterocycles. The minimum atomic E-state index is -0.0345. The summed E-state index contributed by atoms with van der Waals surface area (Å²) < 4.78 is 10.8. The number of halogens is 2. The lowest BCUT2D eigenvalue weighted by atomic mass is 10.0. The van der Waals surface area contributed by atoms with Gasteiger partial charge in [0, 0.05) is 6.04 Å². The fraction of sp³-hybridized carbons (Fsp3) is 0.500. The van der Waals surface area contributed by atoms with Crippen LogP contribution < -0.4 is 11.1 Å². The summed E-state index contributed by atoms with van der Waals surface area (Å²) >= 11 is 0. The fourth-order valence-electron chi connectivity index (χ4n) is 3.02. The first-order valence-electron chi connectivity index (χ1n) is 7.67. The first-order chi connectivity index (χ1) is 10.7. The molecular formula is C16H23Cl2N3O3. The maximum absolute atomic E-state index is 12.2. The zero-order valence-electron chi connectivity index (χ0n) is 13.5. The number of rotatable bonds is 5. The summed E-state index contributed by atoms with van der Waals surface area (Å²) in [4.78, 5) is 16.6. The molecule has 0 saturated heterocycles. The Morgan fingerprint density at radius 1 is 1.42 bits per heavy atom. The highest BCUT2D eigenvalue weighted by Crippen LogP contribution is 2.25. The van der Waals surface area contributed by atoms with Crippen LogP contribution in [0.5, 0.6) is 0 Å². The van der Waals surface area contributed by atoms with Crippen molar-refractivity contribution in [3.63, 3.8) is 0 Å². The standard InChI is InChI=1S/C16H21N3O3.2ClH/c1-10-13(19-16(22-10)14-6-3-7-21-14)8-15(20)18-12-5-2-4-11(12)9-17;;/h3,6-7,11-12H,2,4-5,8-9,17H2,1H3,(H,18,20);2*1H. The van der Waals surface area contributed by atoms with E-state index in [4.69, 9.17) is 14.6 Å². The van der Waals surface area contributed by atoms with Crippen LogP contribution in [-0.4, -0.2) is 23.5 Å². The number of amides is 1. The average molecular weight is 376 g/mol. The molecule has 1 amide bonds. The number of nitrogens with zero attached hydrogens (tertiary/aromatic N) is 1. The highest BCUT2D eigenvalue weighted by Gasteiger charge is 2.27. The number of furan rings is 1. The monoisotopic (exact) mass is 375 g/mol. The molecule has 1 aliphatic rings. The van der Waals surface area contributed by atoms with Crippen LogP contribution in [0.4, 0.5) is 0 Å². The number of hydrogen-bond donors (Lipinski definition) is 2. The van der Waals surface area contributed by atoms with Gasteiger partial charge in [0.2, 0.25) is 5.91 Å². The third-order valence-electron chi connectivity index (χ3n) is 4.26. The Balaban J connectivity index is 0.00000144. The molecule has 24 heavy (non-hydrogen) atoms. The summed E-state index contributed by atoms with van der Waals surface area (Å²) in [6.07, 6.45) is 4.99. The zero-order chi connectivity index (χ0) is 15.5. The van der Waals surface area contributed by atoms with Crippen molar-refractivity contribution in [2.45, 2.75) is 38.6 Å². The quantitative estimate of drug-likeness (QED) is 0.837. The predicted molar refractivity (Wildman–Crippen MR) is 95.5 cm³/mol. The summed E-state index contributed by atoms with van der Waals surface area (Å²) in [5.41, 5.74) is 6.39. The molecule has 1 aliphatic carbocycles. The van der Waals surface area contributed by atoms with Gasteiger partial charge in [-0.05, 0) is 44.4 Å². The molecule has 0 bridgehead atoms. The molecule has 0 radical (unpaired) electrons. The molecule has 2 unspecified atom stereocenters. The van der Waals surface area contributed by atoms with Gasteiger partial charge in [-0.2, -0.15) is 0 Å². The summed E-state index contributed by atoms with van der Waals surface area (Å²) in [5, 5.41) is 3.08. The van der Waals surface area contributed by atoms with Crippen molar-refractivity contribution in [3.05, 3.63) is 29.9 Å². The van der Waals surface area contributed by atoms with Gasteiger partial charge in [0.05, 0.1) is 18.4 Å². The van der Waals surface area contributed by atoms with Gasteiger partial charge in [-0.25, -0.2) is 4.98 Å². The van der Waals surface area contributed by atoms with Gasteiger partial charge in [-0.1, -0.05) is 6.42 Å². The van der Waals surface area contributed by atoms with Crippen LogP contribution in [0.3, 0.4) is 0 Å².